The Morgan fingerprint density at radius 3 is 2.79 bits per heavy atom. The highest BCUT2D eigenvalue weighted by atomic mass is 16.5. The number of benzene rings is 1. The van der Waals surface area contributed by atoms with Crippen molar-refractivity contribution in [3.05, 3.63) is 30.3 Å². The molecule has 1 aromatic rings. The van der Waals surface area contributed by atoms with Gasteiger partial charge in [0.1, 0.15) is 11.8 Å². The van der Waals surface area contributed by atoms with E-state index in [9.17, 15) is 9.59 Å². The fourth-order valence-corrected chi connectivity index (χ4v) is 2.00. The predicted octanol–water partition coefficient (Wildman–Crippen LogP) is -0.649. The lowest BCUT2D eigenvalue weighted by atomic mass is 10.2. The Labute approximate surface area is 111 Å². The summed E-state index contributed by atoms with van der Waals surface area (Å²) >= 11 is 0. The highest BCUT2D eigenvalue weighted by molar-refractivity contribution is 5.87. The van der Waals surface area contributed by atoms with Gasteiger partial charge in [0.05, 0.1) is 0 Å². The molecule has 0 aromatic heterocycles. The van der Waals surface area contributed by atoms with Gasteiger partial charge in [0.2, 0.25) is 5.91 Å². The predicted molar refractivity (Wildman–Crippen MR) is 69.5 cm³/mol. The van der Waals surface area contributed by atoms with Crippen LogP contribution >= 0.6 is 0 Å². The zero-order valence-corrected chi connectivity index (χ0v) is 10.5. The number of nitrogens with one attached hydrogen (secondary N) is 1. The average Bonchev–Trinajstić information content (AvgIpc) is 2.46. The van der Waals surface area contributed by atoms with Crippen LogP contribution in [0.5, 0.6) is 5.75 Å². The molecule has 0 radical (unpaired) electrons. The third-order valence-electron chi connectivity index (χ3n) is 3.00. The van der Waals surface area contributed by atoms with Gasteiger partial charge in [-0.2, -0.15) is 0 Å². The summed E-state index contributed by atoms with van der Waals surface area (Å²) in [5, 5.41) is 3.04. The van der Waals surface area contributed by atoms with E-state index in [0.717, 1.165) is 0 Å². The van der Waals surface area contributed by atoms with Gasteiger partial charge >= 0.3 is 0 Å². The molecule has 0 saturated carbocycles. The van der Waals surface area contributed by atoms with E-state index >= 15 is 0 Å². The van der Waals surface area contributed by atoms with Crippen LogP contribution in [0.15, 0.2) is 30.3 Å². The van der Waals surface area contributed by atoms with Crippen molar-refractivity contribution in [2.24, 2.45) is 5.73 Å². The van der Waals surface area contributed by atoms with Crippen molar-refractivity contribution in [2.75, 3.05) is 26.2 Å². The number of amides is 2. The summed E-state index contributed by atoms with van der Waals surface area (Å²) in [6, 6.07) is 8.48. The number of primary amides is 1. The normalized spacial score (nSPS) is 18.9. The van der Waals surface area contributed by atoms with Gasteiger partial charge in [-0.25, -0.2) is 0 Å². The average molecular weight is 263 g/mol. The second kappa shape index (κ2) is 6.19. The van der Waals surface area contributed by atoms with Crippen LogP contribution in [0.3, 0.4) is 0 Å². The molecule has 3 N–H and O–H groups in total. The van der Waals surface area contributed by atoms with E-state index < -0.39 is 11.9 Å². The largest absolute Gasteiger partial charge is 0.484 e. The number of carbonyl (C=O) groups is 2. The first kappa shape index (κ1) is 13.4. The minimum absolute atomic E-state index is 0.0895. The summed E-state index contributed by atoms with van der Waals surface area (Å²) < 4.78 is 5.39. The summed E-state index contributed by atoms with van der Waals surface area (Å²) in [4.78, 5) is 24.8. The summed E-state index contributed by atoms with van der Waals surface area (Å²) in [5.74, 6) is -0.101. The summed E-state index contributed by atoms with van der Waals surface area (Å²) in [6.07, 6.45) is 0. The van der Waals surface area contributed by atoms with Crippen LogP contribution in [-0.2, 0) is 9.59 Å². The van der Waals surface area contributed by atoms with Crippen LogP contribution in [0.25, 0.3) is 0 Å². The molecule has 0 unspecified atom stereocenters. The number of ether oxygens (including phenoxy) is 1. The van der Waals surface area contributed by atoms with Crippen molar-refractivity contribution < 1.29 is 14.3 Å². The van der Waals surface area contributed by atoms with E-state index in [4.69, 9.17) is 10.5 Å². The molecule has 0 bridgehead atoms. The first-order valence-corrected chi connectivity index (χ1v) is 6.16. The van der Waals surface area contributed by atoms with E-state index in [0.29, 0.717) is 25.4 Å². The Kier molecular flexibility index (Phi) is 4.35. The van der Waals surface area contributed by atoms with E-state index in [-0.39, 0.29) is 12.5 Å². The van der Waals surface area contributed by atoms with Crippen LogP contribution in [0.2, 0.25) is 0 Å². The quantitative estimate of drug-likeness (QED) is 0.756. The van der Waals surface area contributed by atoms with Gasteiger partial charge in [-0.05, 0) is 12.1 Å². The number of hydrogen-bond acceptors (Lipinski definition) is 4. The Hall–Kier alpha value is -2.08. The van der Waals surface area contributed by atoms with Crippen LogP contribution < -0.4 is 15.8 Å². The van der Waals surface area contributed by atoms with Crippen molar-refractivity contribution >= 4 is 11.8 Å². The second-order valence-corrected chi connectivity index (χ2v) is 4.31. The monoisotopic (exact) mass is 263 g/mol. The number of carbonyl (C=O) groups excluding carboxylic acids is 2. The molecule has 2 amide bonds. The summed E-state index contributed by atoms with van der Waals surface area (Å²) in [6.45, 7) is 1.42. The first-order valence-electron chi connectivity index (χ1n) is 6.16. The topological polar surface area (TPSA) is 84.7 Å². The fourth-order valence-electron chi connectivity index (χ4n) is 2.00. The van der Waals surface area contributed by atoms with Crippen molar-refractivity contribution in [1.82, 2.24) is 10.2 Å². The van der Waals surface area contributed by atoms with Gasteiger partial charge in [-0.1, -0.05) is 18.2 Å². The van der Waals surface area contributed by atoms with Crippen LogP contribution in [-0.4, -0.2) is 49.0 Å². The lowest BCUT2D eigenvalue weighted by molar-refractivity contribution is -0.141. The molecule has 0 spiro atoms. The van der Waals surface area contributed by atoms with Crippen LogP contribution in [0.1, 0.15) is 0 Å². The maximum atomic E-state index is 12.1. The van der Waals surface area contributed by atoms with Crippen molar-refractivity contribution in [3.63, 3.8) is 0 Å². The molecule has 6 heteroatoms. The van der Waals surface area contributed by atoms with Gasteiger partial charge < -0.3 is 20.7 Å². The van der Waals surface area contributed by atoms with Crippen molar-refractivity contribution in [2.45, 2.75) is 6.04 Å². The molecule has 102 valence electrons. The first-order chi connectivity index (χ1) is 9.18. The number of hydrogen-bond donors (Lipinski definition) is 2. The Balaban J connectivity index is 1.93. The summed E-state index contributed by atoms with van der Waals surface area (Å²) in [5.41, 5.74) is 5.29. The van der Waals surface area contributed by atoms with Gasteiger partial charge in [0.15, 0.2) is 6.61 Å². The van der Waals surface area contributed by atoms with Gasteiger partial charge in [0.25, 0.3) is 5.91 Å². The second-order valence-electron chi connectivity index (χ2n) is 4.31. The Bertz CT molecular complexity index is 450. The number of para-hydroxylation sites is 1. The molecule has 6 nitrogen and oxygen atoms in total. The van der Waals surface area contributed by atoms with Crippen molar-refractivity contribution in [1.29, 1.82) is 0 Å². The summed E-state index contributed by atoms with van der Waals surface area (Å²) in [7, 11) is 0. The van der Waals surface area contributed by atoms with Crippen LogP contribution in [0, 0.1) is 0 Å². The zero-order chi connectivity index (χ0) is 13.7. The lowest BCUT2D eigenvalue weighted by Gasteiger charge is -2.34. The van der Waals surface area contributed by atoms with Gasteiger partial charge in [-0.3, -0.25) is 9.59 Å². The lowest BCUT2D eigenvalue weighted by Crippen LogP contribution is -2.59. The van der Waals surface area contributed by atoms with E-state index in [1.54, 1.807) is 12.1 Å². The standard InChI is InChI=1S/C13H17N3O3/c14-13(18)11-8-15-6-7-16(11)12(17)9-19-10-4-2-1-3-5-10/h1-5,11,15H,6-9H2,(H2,14,18)/t11-/m0/s1. The molecule has 19 heavy (non-hydrogen) atoms. The molecule has 1 saturated heterocycles. The van der Waals surface area contributed by atoms with Crippen LogP contribution in [0.4, 0.5) is 0 Å². The van der Waals surface area contributed by atoms with Gasteiger partial charge in [0, 0.05) is 19.6 Å². The van der Waals surface area contributed by atoms with Gasteiger partial charge in [-0.15, -0.1) is 0 Å². The molecule has 1 aliphatic heterocycles. The molecular formula is C13H17N3O3. The minimum Gasteiger partial charge on any atom is -0.484 e. The molecule has 0 aliphatic carbocycles. The Morgan fingerprint density at radius 2 is 2.11 bits per heavy atom. The van der Waals surface area contributed by atoms with E-state index in [1.165, 1.54) is 4.90 Å². The SMILES string of the molecule is NC(=O)[C@@H]1CNCCN1C(=O)COc1ccccc1. The molecular weight excluding hydrogens is 246 g/mol. The van der Waals surface area contributed by atoms with E-state index in [2.05, 4.69) is 5.32 Å². The number of piperazine rings is 1. The third kappa shape index (κ3) is 3.45. The van der Waals surface area contributed by atoms with E-state index in [1.807, 2.05) is 18.2 Å². The molecule has 1 fully saturated rings. The highest BCUT2D eigenvalue weighted by Crippen LogP contribution is 2.09. The highest BCUT2D eigenvalue weighted by Gasteiger charge is 2.30. The maximum absolute atomic E-state index is 12.1. The fraction of sp³-hybridized carbons (Fsp3) is 0.385. The number of rotatable bonds is 4. The molecule has 1 heterocycles. The molecule has 1 aromatic carbocycles. The zero-order valence-electron chi connectivity index (χ0n) is 10.5. The molecule has 1 atom stereocenters. The maximum Gasteiger partial charge on any atom is 0.261 e. The third-order valence-corrected chi connectivity index (χ3v) is 3.00. The number of nitrogens with zero attached hydrogens (tertiary/aromatic N) is 1. The minimum atomic E-state index is -0.597. The number of nitrogens with two attached hydrogens (primary N) is 1. The molecule has 2 rings (SSSR count). The van der Waals surface area contributed by atoms with Crippen molar-refractivity contribution in [3.8, 4) is 5.75 Å². The smallest absolute Gasteiger partial charge is 0.261 e. The Morgan fingerprint density at radius 1 is 1.37 bits per heavy atom. The molecule has 1 aliphatic rings.